The van der Waals surface area contributed by atoms with Gasteiger partial charge in [-0.15, -0.1) is 0 Å². The SMILES string of the molecule is Cc1cccnc1C(=O)Nc1ccccc1CO. The first kappa shape index (κ1) is 12.3. The Morgan fingerprint density at radius 2 is 2.06 bits per heavy atom. The Balaban J connectivity index is 2.24. The summed E-state index contributed by atoms with van der Waals surface area (Å²) in [6.07, 6.45) is 1.58. The zero-order chi connectivity index (χ0) is 13.0. The maximum atomic E-state index is 12.0. The van der Waals surface area contributed by atoms with E-state index in [9.17, 15) is 9.90 Å². The third-order valence-electron chi connectivity index (χ3n) is 2.66. The van der Waals surface area contributed by atoms with Crippen molar-refractivity contribution in [1.82, 2.24) is 4.98 Å². The van der Waals surface area contributed by atoms with Gasteiger partial charge >= 0.3 is 0 Å². The Bertz CT molecular complexity index is 567. The van der Waals surface area contributed by atoms with Crippen LogP contribution in [0.15, 0.2) is 42.6 Å². The average molecular weight is 242 g/mol. The molecule has 4 heteroatoms. The lowest BCUT2D eigenvalue weighted by atomic mass is 10.1. The van der Waals surface area contributed by atoms with Gasteiger partial charge in [0.1, 0.15) is 5.69 Å². The smallest absolute Gasteiger partial charge is 0.274 e. The highest BCUT2D eigenvalue weighted by molar-refractivity contribution is 6.04. The quantitative estimate of drug-likeness (QED) is 0.866. The second-order valence-electron chi connectivity index (χ2n) is 3.94. The molecular weight excluding hydrogens is 228 g/mol. The van der Waals surface area contributed by atoms with E-state index in [4.69, 9.17) is 0 Å². The maximum absolute atomic E-state index is 12.0. The molecule has 0 unspecified atom stereocenters. The molecule has 0 atom stereocenters. The van der Waals surface area contributed by atoms with Crippen LogP contribution in [0.25, 0.3) is 0 Å². The molecule has 2 rings (SSSR count). The predicted molar refractivity (Wildman–Crippen MR) is 69.3 cm³/mol. The molecule has 0 bridgehead atoms. The molecular formula is C14H14N2O2. The molecule has 0 saturated carbocycles. The van der Waals surface area contributed by atoms with Crippen molar-refractivity contribution in [3.8, 4) is 0 Å². The summed E-state index contributed by atoms with van der Waals surface area (Å²) in [6, 6.07) is 10.8. The molecule has 0 aliphatic rings. The largest absolute Gasteiger partial charge is 0.392 e. The van der Waals surface area contributed by atoms with Crippen molar-refractivity contribution >= 4 is 11.6 Å². The van der Waals surface area contributed by atoms with Gasteiger partial charge in [0.15, 0.2) is 0 Å². The van der Waals surface area contributed by atoms with Gasteiger partial charge in [0, 0.05) is 17.4 Å². The topological polar surface area (TPSA) is 62.2 Å². The van der Waals surface area contributed by atoms with Crippen LogP contribution < -0.4 is 5.32 Å². The lowest BCUT2D eigenvalue weighted by molar-refractivity contribution is 0.102. The first-order valence-corrected chi connectivity index (χ1v) is 5.64. The number of nitrogens with zero attached hydrogens (tertiary/aromatic N) is 1. The summed E-state index contributed by atoms with van der Waals surface area (Å²) in [5, 5.41) is 11.9. The van der Waals surface area contributed by atoms with Crippen LogP contribution in [-0.2, 0) is 6.61 Å². The number of aromatic nitrogens is 1. The van der Waals surface area contributed by atoms with Gasteiger partial charge in [0.25, 0.3) is 5.91 Å². The fourth-order valence-corrected chi connectivity index (χ4v) is 1.69. The van der Waals surface area contributed by atoms with Gasteiger partial charge < -0.3 is 10.4 Å². The molecule has 0 saturated heterocycles. The van der Waals surface area contributed by atoms with Crippen LogP contribution in [-0.4, -0.2) is 16.0 Å². The first-order valence-electron chi connectivity index (χ1n) is 5.64. The Kier molecular flexibility index (Phi) is 3.69. The lowest BCUT2D eigenvalue weighted by Crippen LogP contribution is -2.16. The van der Waals surface area contributed by atoms with E-state index in [1.165, 1.54) is 0 Å². The lowest BCUT2D eigenvalue weighted by Gasteiger charge is -2.09. The number of nitrogens with one attached hydrogen (secondary N) is 1. The van der Waals surface area contributed by atoms with E-state index in [0.29, 0.717) is 16.9 Å². The number of anilines is 1. The molecule has 0 spiro atoms. The van der Waals surface area contributed by atoms with Gasteiger partial charge in [-0.2, -0.15) is 0 Å². The maximum Gasteiger partial charge on any atom is 0.274 e. The van der Waals surface area contributed by atoms with Gasteiger partial charge in [-0.1, -0.05) is 24.3 Å². The summed E-state index contributed by atoms with van der Waals surface area (Å²) >= 11 is 0. The van der Waals surface area contributed by atoms with Crippen molar-refractivity contribution in [3.05, 3.63) is 59.4 Å². The molecule has 4 nitrogen and oxygen atoms in total. The minimum atomic E-state index is -0.269. The van der Waals surface area contributed by atoms with Crippen molar-refractivity contribution < 1.29 is 9.90 Å². The van der Waals surface area contributed by atoms with Gasteiger partial charge in [-0.25, -0.2) is 0 Å². The molecule has 2 aromatic rings. The van der Waals surface area contributed by atoms with E-state index in [1.807, 2.05) is 19.1 Å². The number of pyridine rings is 1. The molecule has 0 aliphatic heterocycles. The van der Waals surface area contributed by atoms with Crippen molar-refractivity contribution in [1.29, 1.82) is 0 Å². The summed E-state index contributed by atoms with van der Waals surface area (Å²) in [7, 11) is 0. The third kappa shape index (κ3) is 2.55. The number of hydrogen-bond acceptors (Lipinski definition) is 3. The van der Waals surface area contributed by atoms with E-state index in [-0.39, 0.29) is 12.5 Å². The number of aliphatic hydroxyl groups is 1. The van der Waals surface area contributed by atoms with E-state index in [2.05, 4.69) is 10.3 Å². The van der Waals surface area contributed by atoms with E-state index >= 15 is 0 Å². The number of aliphatic hydroxyl groups excluding tert-OH is 1. The van der Waals surface area contributed by atoms with Crippen molar-refractivity contribution in [2.45, 2.75) is 13.5 Å². The Hall–Kier alpha value is -2.20. The van der Waals surface area contributed by atoms with Gasteiger partial charge in [-0.3, -0.25) is 9.78 Å². The molecule has 0 aliphatic carbocycles. The van der Waals surface area contributed by atoms with Crippen LogP contribution in [0.2, 0.25) is 0 Å². The molecule has 0 fully saturated rings. The Labute approximate surface area is 105 Å². The number of carbonyl (C=O) groups excluding carboxylic acids is 1. The number of amides is 1. The number of para-hydroxylation sites is 1. The molecule has 1 aromatic carbocycles. The van der Waals surface area contributed by atoms with Crippen LogP contribution in [0.5, 0.6) is 0 Å². The minimum Gasteiger partial charge on any atom is -0.392 e. The second kappa shape index (κ2) is 5.42. The number of aryl methyl sites for hydroxylation is 1. The van der Waals surface area contributed by atoms with Crippen LogP contribution in [0.4, 0.5) is 5.69 Å². The zero-order valence-electron chi connectivity index (χ0n) is 10.1. The van der Waals surface area contributed by atoms with Crippen molar-refractivity contribution in [3.63, 3.8) is 0 Å². The van der Waals surface area contributed by atoms with Gasteiger partial charge in [0.2, 0.25) is 0 Å². The van der Waals surface area contributed by atoms with Crippen LogP contribution >= 0.6 is 0 Å². The summed E-state index contributed by atoms with van der Waals surface area (Å²) in [5.74, 6) is -0.269. The van der Waals surface area contributed by atoms with Crippen LogP contribution in [0.3, 0.4) is 0 Å². The van der Waals surface area contributed by atoms with E-state index in [0.717, 1.165) is 5.56 Å². The highest BCUT2D eigenvalue weighted by Crippen LogP contribution is 2.16. The summed E-state index contributed by atoms with van der Waals surface area (Å²) in [6.45, 7) is 1.72. The summed E-state index contributed by atoms with van der Waals surface area (Å²) in [5.41, 5.74) is 2.50. The molecule has 18 heavy (non-hydrogen) atoms. The number of rotatable bonds is 3. The average Bonchev–Trinajstić information content (AvgIpc) is 2.39. The molecule has 1 aromatic heterocycles. The minimum absolute atomic E-state index is 0.113. The van der Waals surface area contributed by atoms with Crippen LogP contribution in [0, 0.1) is 6.92 Å². The molecule has 92 valence electrons. The highest BCUT2D eigenvalue weighted by Gasteiger charge is 2.11. The summed E-state index contributed by atoms with van der Waals surface area (Å²) in [4.78, 5) is 16.1. The monoisotopic (exact) mass is 242 g/mol. The van der Waals surface area contributed by atoms with Gasteiger partial charge in [0.05, 0.1) is 6.61 Å². The first-order chi connectivity index (χ1) is 8.72. The second-order valence-corrected chi connectivity index (χ2v) is 3.94. The molecule has 2 N–H and O–H groups in total. The third-order valence-corrected chi connectivity index (χ3v) is 2.66. The van der Waals surface area contributed by atoms with Gasteiger partial charge in [-0.05, 0) is 24.6 Å². The van der Waals surface area contributed by atoms with Crippen molar-refractivity contribution in [2.75, 3.05) is 5.32 Å². The Morgan fingerprint density at radius 3 is 2.78 bits per heavy atom. The number of benzene rings is 1. The molecule has 1 heterocycles. The fraction of sp³-hybridized carbons (Fsp3) is 0.143. The van der Waals surface area contributed by atoms with E-state index in [1.54, 1.807) is 30.5 Å². The normalized spacial score (nSPS) is 10.1. The zero-order valence-corrected chi connectivity index (χ0v) is 10.1. The number of hydrogen-bond donors (Lipinski definition) is 2. The molecule has 1 amide bonds. The van der Waals surface area contributed by atoms with E-state index < -0.39 is 0 Å². The fourth-order valence-electron chi connectivity index (χ4n) is 1.69. The standard InChI is InChI=1S/C14H14N2O2/c1-10-5-4-8-15-13(10)14(18)16-12-7-3-2-6-11(12)9-17/h2-8,17H,9H2,1H3,(H,16,18). The molecule has 0 radical (unpaired) electrons. The van der Waals surface area contributed by atoms with Crippen molar-refractivity contribution in [2.24, 2.45) is 0 Å². The van der Waals surface area contributed by atoms with Crippen LogP contribution in [0.1, 0.15) is 21.6 Å². The number of carbonyl (C=O) groups is 1. The predicted octanol–water partition coefficient (Wildman–Crippen LogP) is 2.13. The summed E-state index contributed by atoms with van der Waals surface area (Å²) < 4.78 is 0. The highest BCUT2D eigenvalue weighted by atomic mass is 16.3. The Morgan fingerprint density at radius 1 is 1.28 bits per heavy atom.